The van der Waals surface area contributed by atoms with Gasteiger partial charge in [0.15, 0.2) is 23.4 Å². The summed E-state index contributed by atoms with van der Waals surface area (Å²) in [5, 5.41) is 72.0. The fourth-order valence-electron chi connectivity index (χ4n) is 5.67. The van der Waals surface area contributed by atoms with Gasteiger partial charge in [-0.1, -0.05) is 18.2 Å². The molecule has 1 aliphatic heterocycles. The van der Waals surface area contributed by atoms with Crippen LogP contribution in [0.3, 0.4) is 0 Å². The van der Waals surface area contributed by atoms with Crippen molar-refractivity contribution in [3.8, 4) is 51.6 Å². The van der Waals surface area contributed by atoms with E-state index >= 15 is 0 Å². The minimum Gasteiger partial charge on any atom is -0.508 e. The first-order valence-electron chi connectivity index (χ1n) is 16.7. The Morgan fingerprint density at radius 3 is 2.09 bits per heavy atom. The molecule has 1 saturated heterocycles. The van der Waals surface area contributed by atoms with E-state index in [1.807, 2.05) is 0 Å². The van der Waals surface area contributed by atoms with Crippen LogP contribution in [-0.4, -0.2) is 92.1 Å². The van der Waals surface area contributed by atoms with Gasteiger partial charge in [0.2, 0.25) is 17.5 Å². The van der Waals surface area contributed by atoms with Crippen LogP contribution in [0.15, 0.2) is 100 Å². The molecule has 0 spiro atoms. The predicted molar refractivity (Wildman–Crippen MR) is 196 cm³/mol. The molecule has 56 heavy (non-hydrogen) atoms. The Morgan fingerprint density at radius 1 is 0.750 bits per heavy atom. The van der Waals surface area contributed by atoms with Crippen LogP contribution >= 0.6 is 0 Å². The normalized spacial score (nSPS) is 19.6. The highest BCUT2D eigenvalue weighted by Crippen LogP contribution is 2.38. The minimum absolute atomic E-state index is 0.000682. The van der Waals surface area contributed by atoms with Gasteiger partial charge in [0, 0.05) is 29.8 Å². The lowest BCUT2D eigenvalue weighted by molar-refractivity contribution is -0.281. The summed E-state index contributed by atoms with van der Waals surface area (Å²) in [6.07, 6.45) is -4.36. The van der Waals surface area contributed by atoms with Gasteiger partial charge in [0.25, 0.3) is 0 Å². The van der Waals surface area contributed by atoms with E-state index in [9.17, 15) is 50.1 Å². The average molecular weight is 771 g/mol. The zero-order valence-corrected chi connectivity index (χ0v) is 29.2. The summed E-state index contributed by atoms with van der Waals surface area (Å²) in [5.41, 5.74) is -0.0871. The number of aliphatic hydroxyl groups excluding tert-OH is 2. The smallest absolute Gasteiger partial charge is 0.331 e. The molecule has 2 heterocycles. The molecule has 290 valence electrons. The summed E-state index contributed by atoms with van der Waals surface area (Å²) in [5.74, 6) is -4.02. The number of methoxy groups -OCH3 is 1. The first-order valence-corrected chi connectivity index (χ1v) is 16.7. The third-order valence-corrected chi connectivity index (χ3v) is 8.48. The van der Waals surface area contributed by atoms with Gasteiger partial charge in [-0.25, -0.2) is 9.59 Å². The molecule has 4 aromatic carbocycles. The average Bonchev–Trinajstić information content (AvgIpc) is 3.17. The largest absolute Gasteiger partial charge is 0.508 e. The Balaban J connectivity index is 1.30. The number of esters is 2. The summed E-state index contributed by atoms with van der Waals surface area (Å²) in [4.78, 5) is 39.7. The van der Waals surface area contributed by atoms with Gasteiger partial charge in [0.1, 0.15) is 58.9 Å². The fourth-order valence-corrected chi connectivity index (χ4v) is 5.67. The molecule has 0 unspecified atom stereocenters. The second-order valence-corrected chi connectivity index (χ2v) is 12.3. The summed E-state index contributed by atoms with van der Waals surface area (Å²) in [6, 6.07) is 17.4. The zero-order valence-electron chi connectivity index (χ0n) is 29.2. The number of carbonyl (C=O) groups is 2. The number of phenols is 5. The standard InChI is InChI=1S/C40H34O16/c1-51-28-16-21(4-13-26(28)44)6-14-31(46)52-19-30-38(55-32(47)15-5-20-2-9-23(41)10-3-20)35(49)36(50)40(54-30)56-39-34(48)33-27(45)17-25(43)18-29(33)53-37(39)22-7-11-24(42)12-8-22/h2-18,30,35-36,38,40-45,49-50H,19H2,1H3/b14-6+,15-5-/t30-,35-,36-,38-,40+/m1/s1. The summed E-state index contributed by atoms with van der Waals surface area (Å²) in [6.45, 7) is -0.692. The molecule has 16 nitrogen and oxygen atoms in total. The van der Waals surface area contributed by atoms with Crippen LogP contribution in [0, 0.1) is 0 Å². The maximum Gasteiger partial charge on any atom is 0.331 e. The number of fused-ring (bicyclic) bond motifs is 1. The van der Waals surface area contributed by atoms with Crippen LogP contribution in [0.2, 0.25) is 0 Å². The lowest BCUT2D eigenvalue weighted by atomic mass is 9.98. The quantitative estimate of drug-likeness (QED) is 0.0747. The second-order valence-electron chi connectivity index (χ2n) is 12.3. The van der Waals surface area contributed by atoms with Gasteiger partial charge >= 0.3 is 11.9 Å². The fraction of sp³-hybridized carbons (Fsp3) is 0.175. The van der Waals surface area contributed by atoms with Gasteiger partial charge in [0.05, 0.1) is 7.11 Å². The van der Waals surface area contributed by atoms with E-state index in [0.29, 0.717) is 11.1 Å². The van der Waals surface area contributed by atoms with Crippen LogP contribution in [0.5, 0.6) is 40.2 Å². The van der Waals surface area contributed by atoms with Crippen molar-refractivity contribution in [1.82, 2.24) is 0 Å². The van der Waals surface area contributed by atoms with Crippen molar-refractivity contribution in [3.63, 3.8) is 0 Å². The van der Waals surface area contributed by atoms with Crippen molar-refractivity contribution >= 4 is 35.1 Å². The van der Waals surface area contributed by atoms with Gasteiger partial charge in [-0.3, -0.25) is 4.79 Å². The number of aromatic hydroxyl groups is 5. The minimum atomic E-state index is -2.03. The van der Waals surface area contributed by atoms with E-state index in [2.05, 4.69) is 0 Å². The maximum atomic E-state index is 13.9. The number of hydrogen-bond donors (Lipinski definition) is 7. The van der Waals surface area contributed by atoms with Crippen molar-refractivity contribution in [3.05, 3.63) is 112 Å². The van der Waals surface area contributed by atoms with E-state index in [-0.39, 0.29) is 39.9 Å². The van der Waals surface area contributed by atoms with E-state index in [1.54, 1.807) is 0 Å². The SMILES string of the molecule is COc1cc(/C=C/C(=O)OC[C@H]2O[C@@H](Oc3c(-c4ccc(O)cc4)oc4cc(O)cc(O)c4c3=O)[C@H](O)[C@@H](O)[C@@H]2OC(=O)/C=C\c2ccc(O)cc2)ccc1O. The molecule has 1 aliphatic rings. The molecule has 1 fully saturated rings. The van der Waals surface area contributed by atoms with Crippen molar-refractivity contribution in [1.29, 1.82) is 0 Å². The third kappa shape index (κ3) is 8.68. The van der Waals surface area contributed by atoms with Gasteiger partial charge < -0.3 is 63.8 Å². The Labute approximate surface area is 316 Å². The van der Waals surface area contributed by atoms with Gasteiger partial charge in [-0.2, -0.15) is 0 Å². The number of rotatable bonds is 11. The molecule has 7 N–H and O–H groups in total. The monoisotopic (exact) mass is 770 g/mol. The zero-order chi connectivity index (χ0) is 40.1. The Kier molecular flexibility index (Phi) is 11.4. The Morgan fingerprint density at radius 2 is 1.39 bits per heavy atom. The van der Waals surface area contributed by atoms with Crippen molar-refractivity contribution in [2.24, 2.45) is 0 Å². The molecular weight excluding hydrogens is 736 g/mol. The highest BCUT2D eigenvalue weighted by Gasteiger charge is 2.49. The van der Waals surface area contributed by atoms with Crippen LogP contribution in [0.1, 0.15) is 11.1 Å². The second kappa shape index (κ2) is 16.6. The van der Waals surface area contributed by atoms with Crippen molar-refractivity contribution in [2.45, 2.75) is 30.7 Å². The first-order chi connectivity index (χ1) is 26.8. The van der Waals surface area contributed by atoms with Crippen LogP contribution in [0.4, 0.5) is 0 Å². The number of aliphatic hydroxyl groups is 2. The highest BCUT2D eigenvalue weighted by atomic mass is 16.7. The van der Waals surface area contributed by atoms with E-state index in [4.69, 9.17) is 28.1 Å². The van der Waals surface area contributed by atoms with Crippen molar-refractivity contribution in [2.75, 3.05) is 13.7 Å². The lowest BCUT2D eigenvalue weighted by Crippen LogP contribution is -2.61. The molecule has 0 radical (unpaired) electrons. The van der Waals surface area contributed by atoms with E-state index in [1.165, 1.54) is 86.0 Å². The summed E-state index contributed by atoms with van der Waals surface area (Å²) >= 11 is 0. The topological polar surface area (TPSA) is 252 Å². The molecule has 1 aromatic heterocycles. The van der Waals surface area contributed by atoms with Gasteiger partial charge in [-0.05, 0) is 71.8 Å². The third-order valence-electron chi connectivity index (χ3n) is 8.48. The molecule has 0 saturated carbocycles. The number of phenolic OH excluding ortho intramolecular Hbond substituents is 5. The molecule has 0 bridgehead atoms. The molecule has 0 aliphatic carbocycles. The summed E-state index contributed by atoms with van der Waals surface area (Å²) < 4.78 is 33.6. The van der Waals surface area contributed by atoms with Crippen LogP contribution in [-0.2, 0) is 23.8 Å². The molecular formula is C40H34O16. The van der Waals surface area contributed by atoms with Crippen LogP contribution < -0.4 is 14.9 Å². The lowest BCUT2D eigenvalue weighted by Gasteiger charge is -2.41. The predicted octanol–water partition coefficient (Wildman–Crippen LogP) is 3.70. The molecule has 6 rings (SSSR count). The van der Waals surface area contributed by atoms with Crippen LogP contribution in [0.25, 0.3) is 34.4 Å². The summed E-state index contributed by atoms with van der Waals surface area (Å²) in [7, 11) is 1.35. The Hall–Kier alpha value is -7.01. The number of ether oxygens (including phenoxy) is 5. The molecule has 16 heteroatoms. The van der Waals surface area contributed by atoms with E-state index < -0.39 is 77.3 Å². The molecule has 5 aromatic rings. The number of hydrogen-bond acceptors (Lipinski definition) is 16. The highest BCUT2D eigenvalue weighted by molar-refractivity contribution is 5.89. The maximum absolute atomic E-state index is 13.9. The van der Waals surface area contributed by atoms with Gasteiger partial charge in [-0.15, -0.1) is 0 Å². The first kappa shape index (κ1) is 38.7. The van der Waals surface area contributed by atoms with Crippen molar-refractivity contribution < 1.29 is 73.4 Å². The Bertz CT molecular complexity index is 2350. The molecule has 0 amide bonds. The number of carbonyl (C=O) groups excluding carboxylic acids is 2. The number of benzene rings is 4. The molecule has 5 atom stereocenters. The van der Waals surface area contributed by atoms with E-state index in [0.717, 1.165) is 24.3 Å².